The van der Waals surface area contributed by atoms with Gasteiger partial charge in [-0.05, 0) is 68.6 Å². The second-order valence-electron chi connectivity index (χ2n) is 8.83. The van der Waals surface area contributed by atoms with Crippen LogP contribution >= 0.6 is 0 Å². The first-order chi connectivity index (χ1) is 13.5. The van der Waals surface area contributed by atoms with Crippen molar-refractivity contribution >= 4 is 17.6 Å². The molecule has 0 saturated heterocycles. The standard InChI is InChI=1S/C21H24N4O3/c1-28-18(26)16-3-2-4-17(6-16)24-19(27)20-7-14-5-15(8-20)10-21(9-14,11-20)25-13-22-12-23-25/h2-4,6,12-15H,5,7-11H2,1H3,(H,24,27)/t14-,15+,20?,21?. The lowest BCUT2D eigenvalue weighted by Crippen LogP contribution is -2.60. The molecule has 1 amide bonds. The molecule has 4 saturated carbocycles. The highest BCUT2D eigenvalue weighted by Crippen LogP contribution is 2.64. The van der Waals surface area contributed by atoms with E-state index >= 15 is 0 Å². The Morgan fingerprint density at radius 2 is 2.00 bits per heavy atom. The fourth-order valence-corrected chi connectivity index (χ4v) is 6.31. The van der Waals surface area contributed by atoms with Crippen molar-refractivity contribution < 1.29 is 14.3 Å². The largest absolute Gasteiger partial charge is 0.465 e. The van der Waals surface area contributed by atoms with Gasteiger partial charge in [-0.15, -0.1) is 0 Å². The van der Waals surface area contributed by atoms with E-state index < -0.39 is 5.97 Å². The van der Waals surface area contributed by atoms with Crippen LogP contribution in [0.3, 0.4) is 0 Å². The number of aromatic nitrogens is 3. The SMILES string of the molecule is COC(=O)c1cccc(NC(=O)C23C[C@H]4C[C@@H](C2)CC(n2cncn2)(C4)C3)c1. The molecular formula is C21H24N4O3. The lowest BCUT2D eigenvalue weighted by molar-refractivity contribution is -0.150. The minimum atomic E-state index is -0.406. The van der Waals surface area contributed by atoms with E-state index in [0.29, 0.717) is 23.1 Å². The Morgan fingerprint density at radius 1 is 1.21 bits per heavy atom. The van der Waals surface area contributed by atoms with Gasteiger partial charge >= 0.3 is 5.97 Å². The monoisotopic (exact) mass is 380 g/mol. The van der Waals surface area contributed by atoms with Gasteiger partial charge in [-0.3, -0.25) is 4.79 Å². The molecule has 4 bridgehead atoms. The summed E-state index contributed by atoms with van der Waals surface area (Å²) in [5, 5.41) is 7.53. The summed E-state index contributed by atoms with van der Waals surface area (Å²) < 4.78 is 6.79. The molecule has 1 N–H and O–H groups in total. The molecular weight excluding hydrogens is 356 g/mol. The second kappa shape index (κ2) is 6.15. The van der Waals surface area contributed by atoms with Crippen molar-refractivity contribution in [3.8, 4) is 0 Å². The molecule has 0 radical (unpaired) electrons. The Bertz CT molecular complexity index is 909. The molecule has 6 rings (SSSR count). The van der Waals surface area contributed by atoms with Crippen molar-refractivity contribution in [3.05, 3.63) is 42.5 Å². The first-order valence-corrected chi connectivity index (χ1v) is 9.87. The number of nitrogens with one attached hydrogen (secondary N) is 1. The highest BCUT2D eigenvalue weighted by molar-refractivity contribution is 5.97. The number of ether oxygens (including phenoxy) is 1. The second-order valence-corrected chi connectivity index (χ2v) is 8.83. The first-order valence-electron chi connectivity index (χ1n) is 9.87. The smallest absolute Gasteiger partial charge is 0.337 e. The molecule has 1 heterocycles. The van der Waals surface area contributed by atoms with Gasteiger partial charge < -0.3 is 10.1 Å². The number of anilines is 1. The fraction of sp³-hybridized carbons (Fsp3) is 0.524. The van der Waals surface area contributed by atoms with Crippen LogP contribution in [0.2, 0.25) is 0 Å². The summed E-state index contributed by atoms with van der Waals surface area (Å²) in [5.74, 6) is 0.763. The minimum Gasteiger partial charge on any atom is -0.465 e. The van der Waals surface area contributed by atoms with Crippen LogP contribution in [0.25, 0.3) is 0 Å². The maximum atomic E-state index is 13.5. The Labute approximate surface area is 163 Å². The molecule has 146 valence electrons. The number of nitrogens with zero attached hydrogens (tertiary/aromatic N) is 3. The molecule has 2 aromatic rings. The van der Waals surface area contributed by atoms with Crippen LogP contribution in [0, 0.1) is 17.3 Å². The average Bonchev–Trinajstić information content (AvgIpc) is 3.22. The summed E-state index contributed by atoms with van der Waals surface area (Å²) in [4.78, 5) is 29.4. The topological polar surface area (TPSA) is 86.1 Å². The highest BCUT2D eigenvalue weighted by atomic mass is 16.5. The molecule has 0 aliphatic heterocycles. The number of hydrogen-bond donors (Lipinski definition) is 1. The van der Waals surface area contributed by atoms with Crippen LogP contribution in [0.4, 0.5) is 5.69 Å². The van der Waals surface area contributed by atoms with Crippen molar-refractivity contribution in [2.45, 2.75) is 44.1 Å². The maximum absolute atomic E-state index is 13.5. The molecule has 4 atom stereocenters. The van der Waals surface area contributed by atoms with Gasteiger partial charge in [-0.2, -0.15) is 5.10 Å². The number of hydrogen-bond acceptors (Lipinski definition) is 5. The van der Waals surface area contributed by atoms with Crippen LogP contribution in [-0.4, -0.2) is 33.8 Å². The number of methoxy groups -OCH3 is 1. The third-order valence-corrected chi connectivity index (χ3v) is 6.96. The molecule has 2 unspecified atom stereocenters. The molecule has 4 fully saturated rings. The van der Waals surface area contributed by atoms with E-state index in [1.165, 1.54) is 13.5 Å². The van der Waals surface area contributed by atoms with Gasteiger partial charge in [0.25, 0.3) is 0 Å². The zero-order valence-corrected chi connectivity index (χ0v) is 15.9. The molecule has 1 aromatic heterocycles. The van der Waals surface area contributed by atoms with Crippen molar-refractivity contribution in [1.82, 2.24) is 14.8 Å². The zero-order valence-electron chi connectivity index (χ0n) is 15.9. The Hall–Kier alpha value is -2.70. The van der Waals surface area contributed by atoms with E-state index in [2.05, 4.69) is 15.4 Å². The van der Waals surface area contributed by atoms with Gasteiger partial charge in [-0.25, -0.2) is 14.5 Å². The van der Waals surface area contributed by atoms with Gasteiger partial charge in [0.1, 0.15) is 12.7 Å². The first kappa shape index (κ1) is 17.4. The van der Waals surface area contributed by atoms with Gasteiger partial charge in [0.2, 0.25) is 5.91 Å². The van der Waals surface area contributed by atoms with E-state index in [1.807, 2.05) is 10.7 Å². The number of carbonyl (C=O) groups is 2. The van der Waals surface area contributed by atoms with Crippen LogP contribution < -0.4 is 5.32 Å². The Morgan fingerprint density at radius 3 is 2.68 bits per heavy atom. The molecule has 7 nitrogen and oxygen atoms in total. The molecule has 4 aliphatic carbocycles. The summed E-state index contributed by atoms with van der Waals surface area (Å²) in [6, 6.07) is 6.94. The zero-order chi connectivity index (χ0) is 19.4. The van der Waals surface area contributed by atoms with Gasteiger partial charge in [0, 0.05) is 5.69 Å². The van der Waals surface area contributed by atoms with Crippen molar-refractivity contribution in [3.63, 3.8) is 0 Å². The van der Waals surface area contributed by atoms with Crippen LogP contribution in [0.15, 0.2) is 36.9 Å². The summed E-state index contributed by atoms with van der Waals surface area (Å²) in [5.41, 5.74) is 0.603. The average molecular weight is 380 g/mol. The number of esters is 1. The van der Waals surface area contributed by atoms with Crippen molar-refractivity contribution in [2.24, 2.45) is 17.3 Å². The van der Waals surface area contributed by atoms with E-state index in [-0.39, 0.29) is 16.9 Å². The minimum absolute atomic E-state index is 0.0631. The van der Waals surface area contributed by atoms with Crippen LogP contribution in [0.1, 0.15) is 48.9 Å². The Balaban J connectivity index is 1.43. The highest BCUT2D eigenvalue weighted by Gasteiger charge is 2.61. The molecule has 7 heteroatoms. The third-order valence-electron chi connectivity index (χ3n) is 6.96. The summed E-state index contributed by atoms with van der Waals surface area (Å²) >= 11 is 0. The van der Waals surface area contributed by atoms with Crippen LogP contribution in [-0.2, 0) is 15.1 Å². The summed E-state index contributed by atoms with van der Waals surface area (Å²) in [7, 11) is 1.35. The normalized spacial score (nSPS) is 32.9. The van der Waals surface area contributed by atoms with E-state index in [9.17, 15) is 9.59 Å². The van der Waals surface area contributed by atoms with Crippen LogP contribution in [0.5, 0.6) is 0 Å². The number of carbonyl (C=O) groups excluding carboxylic acids is 2. The maximum Gasteiger partial charge on any atom is 0.337 e. The number of amides is 1. The molecule has 1 aromatic carbocycles. The van der Waals surface area contributed by atoms with E-state index in [0.717, 1.165) is 32.1 Å². The Kier molecular flexibility index (Phi) is 3.82. The lowest BCUT2D eigenvalue weighted by Gasteiger charge is -2.60. The van der Waals surface area contributed by atoms with E-state index in [1.54, 1.807) is 30.9 Å². The predicted molar refractivity (Wildman–Crippen MR) is 102 cm³/mol. The fourth-order valence-electron chi connectivity index (χ4n) is 6.31. The van der Waals surface area contributed by atoms with E-state index in [4.69, 9.17) is 4.74 Å². The van der Waals surface area contributed by atoms with Gasteiger partial charge in [0.05, 0.1) is 23.6 Å². The number of benzene rings is 1. The predicted octanol–water partition coefficient (Wildman–Crippen LogP) is 3.00. The van der Waals surface area contributed by atoms with Gasteiger partial charge in [-0.1, -0.05) is 6.07 Å². The van der Waals surface area contributed by atoms with Gasteiger partial charge in [0.15, 0.2) is 0 Å². The lowest BCUT2D eigenvalue weighted by atomic mass is 9.46. The third kappa shape index (κ3) is 2.64. The molecule has 28 heavy (non-hydrogen) atoms. The van der Waals surface area contributed by atoms with Crippen molar-refractivity contribution in [2.75, 3.05) is 12.4 Å². The number of rotatable bonds is 4. The summed E-state index contributed by atoms with van der Waals surface area (Å²) in [6.07, 6.45) is 9.44. The molecule has 0 spiro atoms. The van der Waals surface area contributed by atoms with Crippen molar-refractivity contribution in [1.29, 1.82) is 0 Å². The summed E-state index contributed by atoms with van der Waals surface area (Å²) in [6.45, 7) is 0. The quantitative estimate of drug-likeness (QED) is 0.824. The molecule has 4 aliphatic rings.